The molecule has 1 aliphatic rings. The first kappa shape index (κ1) is 42.4. The highest BCUT2D eigenvalue weighted by atomic mass is 16.4. The molecule has 19 heteroatoms. The zero-order valence-corrected chi connectivity index (χ0v) is 29.0. The number of carbonyl (C=O) groups is 8. The van der Waals surface area contributed by atoms with Gasteiger partial charge in [0.15, 0.2) is 5.96 Å². The second-order valence-corrected chi connectivity index (χ2v) is 12.4. The van der Waals surface area contributed by atoms with E-state index < -0.39 is 84.5 Å². The maximum Gasteiger partial charge on any atom is 0.306 e. The van der Waals surface area contributed by atoms with E-state index in [9.17, 15) is 43.5 Å². The van der Waals surface area contributed by atoms with Crippen molar-refractivity contribution in [3.8, 4) is 0 Å². The number of nitrogens with one attached hydrogen (secondary N) is 6. The number of aliphatic imine (C=N–C) groups is 1. The number of benzene rings is 1. The van der Waals surface area contributed by atoms with Crippen molar-refractivity contribution in [2.24, 2.45) is 22.4 Å². The molecule has 0 radical (unpaired) electrons. The van der Waals surface area contributed by atoms with Gasteiger partial charge >= 0.3 is 11.9 Å². The number of unbranched alkanes of at least 4 members (excludes halogenated alkanes) is 1. The van der Waals surface area contributed by atoms with E-state index in [0.29, 0.717) is 18.4 Å². The number of hydrogen-bond acceptors (Lipinski definition) is 9. The van der Waals surface area contributed by atoms with Crippen LogP contribution in [0.2, 0.25) is 0 Å². The van der Waals surface area contributed by atoms with E-state index >= 15 is 0 Å². The lowest BCUT2D eigenvalue weighted by Gasteiger charge is -2.26. The second kappa shape index (κ2) is 22.1. The van der Waals surface area contributed by atoms with Crippen molar-refractivity contribution in [1.82, 2.24) is 31.9 Å². The first-order valence-corrected chi connectivity index (χ1v) is 16.9. The fraction of sp³-hybridized carbons (Fsp3) is 0.545. The number of guanidine groups is 1. The number of carbonyl (C=O) groups excluding carboxylic acids is 6. The third kappa shape index (κ3) is 16.3. The van der Waals surface area contributed by atoms with E-state index in [1.54, 1.807) is 30.3 Å². The summed E-state index contributed by atoms with van der Waals surface area (Å²) in [5.41, 5.74) is 11.4. The first-order valence-electron chi connectivity index (χ1n) is 16.9. The third-order valence-electron chi connectivity index (χ3n) is 8.05. The van der Waals surface area contributed by atoms with Gasteiger partial charge in [0.05, 0.1) is 18.9 Å². The van der Waals surface area contributed by atoms with Crippen molar-refractivity contribution in [2.45, 2.75) is 88.9 Å². The number of carboxylic acids is 2. The summed E-state index contributed by atoms with van der Waals surface area (Å²) in [6.07, 6.45) is 0.292. The van der Waals surface area contributed by atoms with Crippen molar-refractivity contribution >= 4 is 53.3 Å². The van der Waals surface area contributed by atoms with Crippen molar-refractivity contribution in [2.75, 3.05) is 19.6 Å². The van der Waals surface area contributed by atoms with Crippen LogP contribution in [0.4, 0.5) is 0 Å². The van der Waals surface area contributed by atoms with Crippen LogP contribution in [0.25, 0.3) is 0 Å². The quantitative estimate of drug-likeness (QED) is 0.0456. The summed E-state index contributed by atoms with van der Waals surface area (Å²) in [4.78, 5) is 105. The highest BCUT2D eigenvalue weighted by molar-refractivity contribution is 5.98. The van der Waals surface area contributed by atoms with Crippen LogP contribution in [-0.4, -0.2) is 107 Å². The Morgan fingerprint density at radius 3 is 2.06 bits per heavy atom. The van der Waals surface area contributed by atoms with Gasteiger partial charge in [0.25, 0.3) is 0 Å². The summed E-state index contributed by atoms with van der Waals surface area (Å²) in [6.45, 7) is 1.17. The minimum atomic E-state index is -1.61. The molecule has 0 aromatic heterocycles. The number of aliphatic carboxylic acids is 2. The summed E-state index contributed by atoms with van der Waals surface area (Å²) >= 11 is 0. The minimum absolute atomic E-state index is 0.0180. The maximum absolute atomic E-state index is 13.8. The summed E-state index contributed by atoms with van der Waals surface area (Å²) in [5, 5.41) is 33.6. The zero-order valence-electron chi connectivity index (χ0n) is 29.0. The second-order valence-electron chi connectivity index (χ2n) is 12.4. The molecule has 2 rings (SSSR count). The lowest BCUT2D eigenvalue weighted by molar-refractivity contribution is -0.142. The Bertz CT molecular complexity index is 1450. The SMILES string of the molecule is C[C@@H](CCC(=O)NCCCC[C@@H]1NC(=O)[C@@H](Cc2ccccc2)NC(=O)[C@H](CC(=O)O)NC(=O)CNC(=O)[C@H](CCCN=C(N)N)NC1=O)C(=O)O. The Labute approximate surface area is 300 Å². The molecule has 0 unspecified atom stereocenters. The van der Waals surface area contributed by atoms with Gasteiger partial charge in [-0.15, -0.1) is 0 Å². The smallest absolute Gasteiger partial charge is 0.306 e. The van der Waals surface area contributed by atoms with Gasteiger partial charge in [0.1, 0.15) is 24.2 Å². The molecular formula is C33H49N9O10. The van der Waals surface area contributed by atoms with E-state index in [2.05, 4.69) is 36.9 Å². The van der Waals surface area contributed by atoms with E-state index in [-0.39, 0.29) is 63.5 Å². The summed E-state index contributed by atoms with van der Waals surface area (Å²) < 4.78 is 0. The molecule has 0 bridgehead atoms. The van der Waals surface area contributed by atoms with Gasteiger partial charge in [0.2, 0.25) is 35.4 Å². The van der Waals surface area contributed by atoms with E-state index in [1.165, 1.54) is 6.92 Å². The van der Waals surface area contributed by atoms with Crippen LogP contribution in [0.15, 0.2) is 35.3 Å². The summed E-state index contributed by atoms with van der Waals surface area (Å²) in [5.74, 6) is -7.77. The maximum atomic E-state index is 13.8. The van der Waals surface area contributed by atoms with Crippen LogP contribution in [-0.2, 0) is 44.8 Å². The normalized spacial score (nSPS) is 20.7. The minimum Gasteiger partial charge on any atom is -0.481 e. The molecule has 1 aromatic rings. The summed E-state index contributed by atoms with van der Waals surface area (Å²) in [6, 6.07) is 3.23. The summed E-state index contributed by atoms with van der Waals surface area (Å²) in [7, 11) is 0. The van der Waals surface area contributed by atoms with Gasteiger partial charge in [-0.1, -0.05) is 37.3 Å². The highest BCUT2D eigenvalue weighted by Gasteiger charge is 2.33. The lowest BCUT2D eigenvalue weighted by atomic mass is 10.0. The number of nitrogens with two attached hydrogens (primary N) is 2. The predicted molar refractivity (Wildman–Crippen MR) is 186 cm³/mol. The first-order chi connectivity index (χ1) is 24.7. The number of hydrogen-bond donors (Lipinski definition) is 10. The van der Waals surface area contributed by atoms with E-state index in [4.69, 9.17) is 16.6 Å². The Morgan fingerprint density at radius 2 is 1.42 bits per heavy atom. The van der Waals surface area contributed by atoms with Gasteiger partial charge in [0, 0.05) is 25.9 Å². The van der Waals surface area contributed by atoms with Gasteiger partial charge in [-0.3, -0.25) is 43.3 Å². The van der Waals surface area contributed by atoms with Gasteiger partial charge in [-0.05, 0) is 44.1 Å². The van der Waals surface area contributed by atoms with E-state index in [1.807, 2.05) is 0 Å². The molecule has 52 heavy (non-hydrogen) atoms. The standard InChI is InChI=1S/C33H49N9O10/c1-19(32(51)52)12-13-25(43)36-14-6-5-10-22-29(48)40-21(11-7-15-37-33(34)35)28(47)38-18-26(44)39-24(17-27(45)46)31(50)42-23(30(49)41-22)16-20-8-3-2-4-9-20/h2-4,8-9,19,21-24H,5-7,10-18H2,1H3,(H,36,43)(H,38,47)(H,39,44)(H,40,48)(H,41,49)(H,42,50)(H,45,46)(H,51,52)(H4,34,35,37)/t19-,21-,22-,23+,24-/m0/s1. The fourth-order valence-electron chi connectivity index (χ4n) is 5.10. The zero-order chi connectivity index (χ0) is 38.6. The number of rotatable bonds is 17. The molecule has 6 amide bonds. The molecule has 12 N–H and O–H groups in total. The molecule has 0 spiro atoms. The van der Waals surface area contributed by atoms with Crippen molar-refractivity contribution in [3.63, 3.8) is 0 Å². The average molecular weight is 732 g/mol. The Kier molecular flexibility index (Phi) is 18.1. The number of amides is 6. The molecular weight excluding hydrogens is 682 g/mol. The molecule has 1 saturated heterocycles. The highest BCUT2D eigenvalue weighted by Crippen LogP contribution is 2.10. The largest absolute Gasteiger partial charge is 0.481 e. The molecule has 286 valence electrons. The van der Waals surface area contributed by atoms with Crippen LogP contribution in [0, 0.1) is 5.92 Å². The monoisotopic (exact) mass is 731 g/mol. The Balaban J connectivity index is 2.35. The van der Waals surface area contributed by atoms with E-state index in [0.717, 1.165) is 0 Å². The predicted octanol–water partition coefficient (Wildman–Crippen LogP) is -2.39. The molecule has 1 fully saturated rings. The number of nitrogens with zero attached hydrogens (tertiary/aromatic N) is 1. The molecule has 1 aliphatic heterocycles. The van der Waals surface area contributed by atoms with Crippen LogP contribution >= 0.6 is 0 Å². The molecule has 1 aromatic carbocycles. The fourth-order valence-corrected chi connectivity index (χ4v) is 5.10. The Hall–Kier alpha value is -5.75. The topological polar surface area (TPSA) is 314 Å². The molecule has 5 atom stereocenters. The van der Waals surface area contributed by atoms with Gasteiger partial charge in [-0.25, -0.2) is 0 Å². The molecule has 0 aliphatic carbocycles. The average Bonchev–Trinajstić information content (AvgIpc) is 3.09. The lowest BCUT2D eigenvalue weighted by Crippen LogP contribution is -2.58. The van der Waals surface area contributed by atoms with Gasteiger partial charge < -0.3 is 53.6 Å². The Morgan fingerprint density at radius 1 is 0.827 bits per heavy atom. The molecule has 1 heterocycles. The molecule has 19 nitrogen and oxygen atoms in total. The number of carboxylic acid groups (broad SMARTS) is 2. The van der Waals surface area contributed by atoms with Crippen molar-refractivity contribution in [3.05, 3.63) is 35.9 Å². The van der Waals surface area contributed by atoms with Crippen LogP contribution in [0.3, 0.4) is 0 Å². The van der Waals surface area contributed by atoms with Crippen LogP contribution in [0.1, 0.15) is 63.9 Å². The molecule has 0 saturated carbocycles. The van der Waals surface area contributed by atoms with Crippen LogP contribution < -0.4 is 43.4 Å². The van der Waals surface area contributed by atoms with Crippen molar-refractivity contribution in [1.29, 1.82) is 0 Å². The van der Waals surface area contributed by atoms with Crippen molar-refractivity contribution < 1.29 is 48.6 Å². The third-order valence-corrected chi connectivity index (χ3v) is 8.05. The van der Waals surface area contributed by atoms with Crippen LogP contribution in [0.5, 0.6) is 0 Å². The van der Waals surface area contributed by atoms with Gasteiger partial charge in [-0.2, -0.15) is 0 Å².